The number of carbonyl (C=O) groups is 1. The Morgan fingerprint density at radius 3 is 2.34 bits per heavy atom. The summed E-state index contributed by atoms with van der Waals surface area (Å²) < 4.78 is 16.7. The first-order chi connectivity index (χ1) is 14.0. The predicted molar refractivity (Wildman–Crippen MR) is 115 cm³/mol. The van der Waals surface area contributed by atoms with Crippen LogP contribution in [0.3, 0.4) is 0 Å². The Hall–Kier alpha value is -2.89. The van der Waals surface area contributed by atoms with E-state index in [0.717, 1.165) is 0 Å². The van der Waals surface area contributed by atoms with Gasteiger partial charge in [0.25, 0.3) is 5.91 Å². The molecule has 0 atom stereocenters. The summed E-state index contributed by atoms with van der Waals surface area (Å²) in [6.45, 7) is 2.34. The third kappa shape index (κ3) is 5.13. The van der Waals surface area contributed by atoms with Gasteiger partial charge in [-0.3, -0.25) is 4.79 Å². The number of ether oxygens (including phenoxy) is 3. The summed E-state index contributed by atoms with van der Waals surface area (Å²) in [4.78, 5) is 12.7. The fourth-order valence-electron chi connectivity index (χ4n) is 2.62. The van der Waals surface area contributed by atoms with Crippen molar-refractivity contribution in [1.29, 1.82) is 0 Å². The lowest BCUT2D eigenvalue weighted by Crippen LogP contribution is -2.12. The van der Waals surface area contributed by atoms with Crippen LogP contribution in [0.15, 0.2) is 60.7 Å². The first kappa shape index (κ1) is 20.8. The molecule has 1 N–H and O–H groups in total. The molecule has 0 aliphatic rings. The second-order valence-electron chi connectivity index (χ2n) is 5.93. The Balaban J connectivity index is 1.86. The largest absolute Gasteiger partial charge is 0.493 e. The van der Waals surface area contributed by atoms with Crippen LogP contribution >= 0.6 is 23.2 Å². The Labute approximate surface area is 179 Å². The smallest absolute Gasteiger partial charge is 0.255 e. The van der Waals surface area contributed by atoms with Crippen molar-refractivity contribution in [3.05, 3.63) is 76.3 Å². The zero-order chi connectivity index (χ0) is 20.8. The fraction of sp³-hybridized carbons (Fsp3) is 0.136. The van der Waals surface area contributed by atoms with Gasteiger partial charge in [-0.25, -0.2) is 0 Å². The molecule has 0 saturated carbocycles. The lowest BCUT2D eigenvalue weighted by molar-refractivity contribution is 0.102. The van der Waals surface area contributed by atoms with Crippen LogP contribution < -0.4 is 19.5 Å². The van der Waals surface area contributed by atoms with E-state index < -0.39 is 0 Å². The normalized spacial score (nSPS) is 10.3. The summed E-state index contributed by atoms with van der Waals surface area (Å²) in [6.07, 6.45) is 0. The van der Waals surface area contributed by atoms with Crippen molar-refractivity contribution in [3.63, 3.8) is 0 Å². The van der Waals surface area contributed by atoms with Crippen molar-refractivity contribution < 1.29 is 19.0 Å². The number of nitrogens with one attached hydrogen (secondary N) is 1. The molecule has 0 fully saturated rings. The molecule has 29 heavy (non-hydrogen) atoms. The van der Waals surface area contributed by atoms with E-state index in [4.69, 9.17) is 37.4 Å². The van der Waals surface area contributed by atoms with E-state index >= 15 is 0 Å². The molecule has 0 aliphatic heterocycles. The van der Waals surface area contributed by atoms with E-state index in [1.807, 2.05) is 19.1 Å². The lowest BCUT2D eigenvalue weighted by Gasteiger charge is -2.15. The van der Waals surface area contributed by atoms with Gasteiger partial charge in [0.2, 0.25) is 0 Å². The Bertz CT molecular complexity index is 1020. The van der Waals surface area contributed by atoms with E-state index in [1.165, 1.54) is 0 Å². The Morgan fingerprint density at radius 1 is 0.931 bits per heavy atom. The lowest BCUT2D eigenvalue weighted by atomic mass is 10.2. The van der Waals surface area contributed by atoms with Crippen molar-refractivity contribution in [2.24, 2.45) is 0 Å². The molecule has 0 unspecified atom stereocenters. The highest BCUT2D eigenvalue weighted by Gasteiger charge is 2.15. The van der Waals surface area contributed by atoms with Crippen LogP contribution in [-0.2, 0) is 0 Å². The second-order valence-corrected chi connectivity index (χ2v) is 6.77. The van der Waals surface area contributed by atoms with Gasteiger partial charge in [-0.2, -0.15) is 0 Å². The highest BCUT2D eigenvalue weighted by Crippen LogP contribution is 2.36. The molecule has 0 spiro atoms. The number of para-hydroxylation sites is 2. The number of anilines is 1. The van der Waals surface area contributed by atoms with Gasteiger partial charge < -0.3 is 19.5 Å². The van der Waals surface area contributed by atoms with Crippen LogP contribution in [0, 0.1) is 0 Å². The molecule has 0 aliphatic carbocycles. The minimum absolute atomic E-state index is 0.357. The van der Waals surface area contributed by atoms with Gasteiger partial charge >= 0.3 is 0 Å². The van der Waals surface area contributed by atoms with Crippen molar-refractivity contribution in [2.45, 2.75) is 6.92 Å². The number of rotatable bonds is 7. The highest BCUT2D eigenvalue weighted by atomic mass is 35.5. The third-order valence-corrected chi connectivity index (χ3v) is 4.50. The third-order valence-electron chi connectivity index (χ3n) is 3.97. The average Bonchev–Trinajstić information content (AvgIpc) is 2.72. The first-order valence-corrected chi connectivity index (χ1v) is 9.61. The summed E-state index contributed by atoms with van der Waals surface area (Å²) in [5.74, 6) is 1.66. The molecule has 3 rings (SSSR count). The monoisotopic (exact) mass is 431 g/mol. The maximum Gasteiger partial charge on any atom is 0.255 e. The van der Waals surface area contributed by atoms with Gasteiger partial charge in [-0.15, -0.1) is 0 Å². The maximum absolute atomic E-state index is 12.7. The summed E-state index contributed by atoms with van der Waals surface area (Å²) >= 11 is 12.3. The fourth-order valence-corrected chi connectivity index (χ4v) is 3.03. The zero-order valence-corrected chi connectivity index (χ0v) is 17.4. The molecule has 0 radical (unpaired) electrons. The molecule has 0 aromatic heterocycles. The van der Waals surface area contributed by atoms with Gasteiger partial charge in [0.05, 0.1) is 24.4 Å². The van der Waals surface area contributed by atoms with Gasteiger partial charge in [-0.05, 0) is 55.5 Å². The van der Waals surface area contributed by atoms with Gasteiger partial charge in [0.15, 0.2) is 17.2 Å². The zero-order valence-electron chi connectivity index (χ0n) is 15.9. The number of benzene rings is 3. The van der Waals surface area contributed by atoms with E-state index in [-0.39, 0.29) is 5.91 Å². The average molecular weight is 432 g/mol. The molecule has 150 valence electrons. The van der Waals surface area contributed by atoms with Gasteiger partial charge in [0.1, 0.15) is 5.75 Å². The number of hydrogen-bond donors (Lipinski definition) is 1. The number of methoxy groups -OCH3 is 1. The van der Waals surface area contributed by atoms with E-state index in [9.17, 15) is 4.79 Å². The van der Waals surface area contributed by atoms with Crippen molar-refractivity contribution >= 4 is 34.8 Å². The van der Waals surface area contributed by atoms with Crippen molar-refractivity contribution in [2.75, 3.05) is 19.0 Å². The molecular weight excluding hydrogens is 413 g/mol. The van der Waals surface area contributed by atoms with Crippen LogP contribution in [0.2, 0.25) is 10.0 Å². The van der Waals surface area contributed by atoms with Crippen LogP contribution in [0.1, 0.15) is 17.3 Å². The van der Waals surface area contributed by atoms with Gasteiger partial charge in [0, 0.05) is 10.6 Å². The SMILES string of the molecule is CCOc1ccc(C(=O)Nc2cc(Cl)ccc2Oc2ccccc2OC)cc1Cl. The Kier molecular flexibility index (Phi) is 6.86. The van der Waals surface area contributed by atoms with E-state index in [2.05, 4.69) is 5.32 Å². The summed E-state index contributed by atoms with van der Waals surface area (Å²) in [5.41, 5.74) is 0.792. The van der Waals surface area contributed by atoms with Crippen LogP contribution in [0.5, 0.6) is 23.0 Å². The number of amides is 1. The molecule has 3 aromatic carbocycles. The number of halogens is 2. The molecule has 0 heterocycles. The minimum Gasteiger partial charge on any atom is -0.493 e. The predicted octanol–water partition coefficient (Wildman–Crippen LogP) is 6.45. The summed E-state index contributed by atoms with van der Waals surface area (Å²) in [6, 6.07) is 17.0. The molecule has 1 amide bonds. The molecule has 5 nitrogen and oxygen atoms in total. The standard InChI is InChI=1S/C22H19Cl2NO4/c1-3-28-18-10-8-14(12-16(18)24)22(26)25-17-13-15(23)9-11-19(17)29-21-7-5-4-6-20(21)27-2/h4-13H,3H2,1-2H3,(H,25,26). The van der Waals surface area contributed by atoms with Crippen molar-refractivity contribution in [1.82, 2.24) is 0 Å². The van der Waals surface area contributed by atoms with Crippen LogP contribution in [0.25, 0.3) is 0 Å². The first-order valence-electron chi connectivity index (χ1n) is 8.86. The van der Waals surface area contributed by atoms with E-state index in [0.29, 0.717) is 50.9 Å². The summed E-state index contributed by atoms with van der Waals surface area (Å²) in [5, 5.41) is 3.63. The van der Waals surface area contributed by atoms with Gasteiger partial charge in [-0.1, -0.05) is 35.3 Å². The maximum atomic E-state index is 12.7. The second kappa shape index (κ2) is 9.54. The summed E-state index contributed by atoms with van der Waals surface area (Å²) in [7, 11) is 1.56. The molecule has 0 bridgehead atoms. The van der Waals surface area contributed by atoms with E-state index in [1.54, 1.807) is 55.6 Å². The topological polar surface area (TPSA) is 56.8 Å². The molecule has 3 aromatic rings. The molecule has 7 heteroatoms. The number of carbonyl (C=O) groups excluding carboxylic acids is 1. The quantitative estimate of drug-likeness (QED) is 0.467. The Morgan fingerprint density at radius 2 is 1.66 bits per heavy atom. The molecule has 0 saturated heterocycles. The molecular formula is C22H19Cl2NO4. The highest BCUT2D eigenvalue weighted by molar-refractivity contribution is 6.32. The van der Waals surface area contributed by atoms with Crippen LogP contribution in [-0.4, -0.2) is 19.6 Å². The number of hydrogen-bond acceptors (Lipinski definition) is 4. The van der Waals surface area contributed by atoms with Crippen molar-refractivity contribution in [3.8, 4) is 23.0 Å². The van der Waals surface area contributed by atoms with Crippen LogP contribution in [0.4, 0.5) is 5.69 Å². The minimum atomic E-state index is -0.359.